The lowest BCUT2D eigenvalue weighted by molar-refractivity contribution is -0.198. The van der Waals surface area contributed by atoms with E-state index in [1.54, 1.807) is 0 Å². The summed E-state index contributed by atoms with van der Waals surface area (Å²) in [5, 5.41) is 0. The van der Waals surface area contributed by atoms with Crippen molar-refractivity contribution in [3.63, 3.8) is 0 Å². The summed E-state index contributed by atoms with van der Waals surface area (Å²) in [6.07, 6.45) is 6.93. The minimum Gasteiger partial charge on any atom is -0.372 e. The van der Waals surface area contributed by atoms with Crippen LogP contribution in [0.25, 0.3) is 0 Å². The fourth-order valence-electron chi connectivity index (χ4n) is 4.83. The molecule has 19 heavy (non-hydrogen) atoms. The summed E-state index contributed by atoms with van der Waals surface area (Å²) in [6.45, 7) is 3.57. The molecule has 0 aromatic heterocycles. The van der Waals surface area contributed by atoms with Crippen LogP contribution in [0.2, 0.25) is 0 Å². The zero-order chi connectivity index (χ0) is 13.5. The van der Waals surface area contributed by atoms with Gasteiger partial charge in [-0.2, -0.15) is 0 Å². The number of halogens is 1. The van der Waals surface area contributed by atoms with Gasteiger partial charge in [-0.1, -0.05) is 0 Å². The average Bonchev–Trinajstić information content (AvgIpc) is 2.34. The SMILES string of the molecule is CC1(OCCOCC(=O)Br)C2CC3CC(C2)CC1C3. The summed E-state index contributed by atoms with van der Waals surface area (Å²) in [6, 6.07) is 0. The molecule has 0 aromatic carbocycles. The molecule has 0 radical (unpaired) electrons. The highest BCUT2D eigenvalue weighted by Gasteiger charge is 2.55. The summed E-state index contributed by atoms with van der Waals surface area (Å²) in [7, 11) is 0. The molecule has 0 atom stereocenters. The molecule has 0 spiro atoms. The summed E-state index contributed by atoms with van der Waals surface area (Å²) in [5.74, 6) is 3.45. The molecule has 0 N–H and O–H groups in total. The predicted octanol–water partition coefficient (Wildman–Crippen LogP) is 3.16. The van der Waals surface area contributed by atoms with E-state index < -0.39 is 0 Å². The van der Waals surface area contributed by atoms with Gasteiger partial charge in [0.2, 0.25) is 4.69 Å². The molecule has 4 aliphatic rings. The first-order valence-corrected chi connectivity index (χ1v) is 8.27. The van der Waals surface area contributed by atoms with Crippen molar-refractivity contribution >= 4 is 20.6 Å². The predicted molar refractivity (Wildman–Crippen MR) is 76.2 cm³/mol. The lowest BCUT2D eigenvalue weighted by atomic mass is 9.50. The second-order valence-electron chi connectivity index (χ2n) is 6.74. The van der Waals surface area contributed by atoms with Gasteiger partial charge >= 0.3 is 0 Å². The molecule has 108 valence electrons. The summed E-state index contributed by atoms with van der Waals surface area (Å²) < 4.78 is 11.4. The van der Waals surface area contributed by atoms with Crippen molar-refractivity contribution in [1.29, 1.82) is 0 Å². The number of hydrogen-bond donors (Lipinski definition) is 0. The number of carbonyl (C=O) groups is 1. The van der Waals surface area contributed by atoms with E-state index in [2.05, 4.69) is 22.9 Å². The molecule has 0 aliphatic heterocycles. The van der Waals surface area contributed by atoms with Gasteiger partial charge in [-0.15, -0.1) is 0 Å². The molecule has 4 rings (SSSR count). The first-order chi connectivity index (χ1) is 9.08. The van der Waals surface area contributed by atoms with E-state index in [0.29, 0.717) is 13.2 Å². The molecule has 0 amide bonds. The van der Waals surface area contributed by atoms with E-state index in [4.69, 9.17) is 9.47 Å². The van der Waals surface area contributed by atoms with Crippen LogP contribution in [0.3, 0.4) is 0 Å². The molecule has 4 aliphatic carbocycles. The Hall–Kier alpha value is 0.0700. The van der Waals surface area contributed by atoms with E-state index in [1.807, 2.05) is 0 Å². The van der Waals surface area contributed by atoms with Crippen molar-refractivity contribution < 1.29 is 14.3 Å². The highest BCUT2D eigenvalue weighted by atomic mass is 79.9. The van der Waals surface area contributed by atoms with Gasteiger partial charge < -0.3 is 9.47 Å². The number of rotatable bonds is 6. The minimum atomic E-state index is -0.103. The third kappa shape index (κ3) is 2.77. The van der Waals surface area contributed by atoms with Crippen LogP contribution < -0.4 is 0 Å². The van der Waals surface area contributed by atoms with Gasteiger partial charge in [0, 0.05) is 0 Å². The van der Waals surface area contributed by atoms with Crippen LogP contribution >= 0.6 is 15.9 Å². The zero-order valence-electron chi connectivity index (χ0n) is 11.6. The third-order valence-corrected chi connectivity index (χ3v) is 5.84. The molecule has 0 unspecified atom stereocenters. The normalized spacial score (nSPS) is 43.7. The van der Waals surface area contributed by atoms with Gasteiger partial charge in [-0.3, -0.25) is 4.79 Å². The van der Waals surface area contributed by atoms with Crippen molar-refractivity contribution in [2.45, 2.75) is 44.6 Å². The molecule has 0 aromatic rings. The van der Waals surface area contributed by atoms with Gasteiger partial charge in [-0.25, -0.2) is 0 Å². The smallest absolute Gasteiger partial charge is 0.223 e. The van der Waals surface area contributed by atoms with Gasteiger partial charge in [0.15, 0.2) is 0 Å². The third-order valence-electron chi connectivity index (χ3n) is 5.62. The maximum atomic E-state index is 10.7. The van der Waals surface area contributed by atoms with Crippen LogP contribution in [0.1, 0.15) is 39.0 Å². The van der Waals surface area contributed by atoms with Crippen molar-refractivity contribution in [2.24, 2.45) is 23.7 Å². The van der Waals surface area contributed by atoms with Crippen LogP contribution in [0, 0.1) is 23.7 Å². The van der Waals surface area contributed by atoms with Crippen molar-refractivity contribution in [1.82, 2.24) is 0 Å². The zero-order valence-corrected chi connectivity index (χ0v) is 13.2. The quantitative estimate of drug-likeness (QED) is 0.554. The maximum absolute atomic E-state index is 10.7. The Morgan fingerprint density at radius 1 is 1.11 bits per heavy atom. The van der Waals surface area contributed by atoms with E-state index in [1.165, 1.54) is 32.1 Å². The first kappa shape index (κ1) is 14.0. The average molecular weight is 331 g/mol. The van der Waals surface area contributed by atoms with Gasteiger partial charge in [0.25, 0.3) is 0 Å². The standard InChI is InChI=1S/C15H23BrO3/c1-15(19-3-2-18-9-14(16)17)12-5-10-4-11(7-12)8-13(15)6-10/h10-13H,2-9H2,1H3. The molecule has 4 fully saturated rings. The van der Waals surface area contributed by atoms with Crippen molar-refractivity contribution in [2.75, 3.05) is 19.8 Å². The van der Waals surface area contributed by atoms with E-state index in [0.717, 1.165) is 23.7 Å². The second kappa shape index (κ2) is 5.45. The van der Waals surface area contributed by atoms with Gasteiger partial charge in [0.1, 0.15) is 6.61 Å². The fourth-order valence-corrected chi connectivity index (χ4v) is 4.99. The number of hydrogen-bond acceptors (Lipinski definition) is 3. The Morgan fingerprint density at radius 2 is 1.68 bits per heavy atom. The summed E-state index contributed by atoms with van der Waals surface area (Å²) in [4.78, 5) is 10.7. The van der Waals surface area contributed by atoms with Gasteiger partial charge in [0.05, 0.1) is 18.8 Å². The van der Waals surface area contributed by atoms with Crippen LogP contribution in [0.5, 0.6) is 0 Å². The lowest BCUT2D eigenvalue weighted by Crippen LogP contribution is -2.57. The minimum absolute atomic E-state index is 0.0647. The van der Waals surface area contributed by atoms with E-state index in [9.17, 15) is 4.79 Å². The Morgan fingerprint density at radius 3 is 2.21 bits per heavy atom. The second-order valence-corrected chi connectivity index (χ2v) is 7.63. The summed E-state index contributed by atoms with van der Waals surface area (Å²) in [5.41, 5.74) is 0.0647. The molecule has 4 bridgehead atoms. The molecular weight excluding hydrogens is 308 g/mol. The lowest BCUT2D eigenvalue weighted by Gasteiger charge is -2.59. The molecule has 0 heterocycles. The Labute approximate surface area is 123 Å². The molecule has 3 nitrogen and oxygen atoms in total. The van der Waals surface area contributed by atoms with Gasteiger partial charge in [-0.05, 0) is 78.6 Å². The van der Waals surface area contributed by atoms with Crippen LogP contribution in [-0.2, 0) is 14.3 Å². The van der Waals surface area contributed by atoms with Crippen LogP contribution in [0.15, 0.2) is 0 Å². The van der Waals surface area contributed by atoms with Crippen molar-refractivity contribution in [3.05, 3.63) is 0 Å². The van der Waals surface area contributed by atoms with Crippen LogP contribution in [-0.4, -0.2) is 30.1 Å². The monoisotopic (exact) mass is 330 g/mol. The van der Waals surface area contributed by atoms with E-state index in [-0.39, 0.29) is 16.9 Å². The number of carbonyl (C=O) groups excluding carboxylic acids is 1. The Balaban J connectivity index is 1.51. The highest BCUT2D eigenvalue weighted by Crippen LogP contribution is 2.59. The molecule has 4 saturated carbocycles. The largest absolute Gasteiger partial charge is 0.372 e. The van der Waals surface area contributed by atoms with Crippen molar-refractivity contribution in [3.8, 4) is 0 Å². The maximum Gasteiger partial charge on any atom is 0.223 e. The van der Waals surface area contributed by atoms with Crippen LogP contribution in [0.4, 0.5) is 0 Å². The Kier molecular flexibility index (Phi) is 4.03. The number of ether oxygens (including phenoxy) is 2. The molecule has 4 heteroatoms. The fraction of sp³-hybridized carbons (Fsp3) is 0.933. The molecule has 0 saturated heterocycles. The Bertz CT molecular complexity index is 327. The molecular formula is C15H23BrO3. The topological polar surface area (TPSA) is 35.5 Å². The van der Waals surface area contributed by atoms with E-state index >= 15 is 0 Å². The first-order valence-electron chi connectivity index (χ1n) is 7.48. The summed E-state index contributed by atoms with van der Waals surface area (Å²) >= 11 is 2.86. The highest BCUT2D eigenvalue weighted by molar-refractivity contribution is 9.18.